The molecule has 2 rings (SSSR count). The van der Waals surface area contributed by atoms with Crippen LogP contribution in [0.5, 0.6) is 5.75 Å². The van der Waals surface area contributed by atoms with E-state index in [1.165, 1.54) is 12.1 Å². The lowest BCUT2D eigenvalue weighted by Crippen LogP contribution is -1.99. The normalized spacial score (nSPS) is 10.5. The van der Waals surface area contributed by atoms with Gasteiger partial charge in [0, 0.05) is 25.4 Å². The summed E-state index contributed by atoms with van der Waals surface area (Å²) >= 11 is 0. The number of benzene rings is 1. The number of aryl methyl sites for hydroxylation is 1. The lowest BCUT2D eigenvalue weighted by Gasteiger charge is -2.04. The maximum atomic E-state index is 13.0. The fraction of sp³-hybridized carbons (Fsp3) is 0.250. The maximum Gasteiger partial charge on any atom is 0.127 e. The van der Waals surface area contributed by atoms with Gasteiger partial charge in [-0.05, 0) is 24.6 Å². The maximum absolute atomic E-state index is 13.0. The number of phenolic OH excluding ortho intramolecular Hbond substituents is 1. The van der Waals surface area contributed by atoms with Crippen LogP contribution >= 0.6 is 0 Å². The topological polar surface area (TPSA) is 50.1 Å². The second-order valence-electron chi connectivity index (χ2n) is 3.76. The average molecular weight is 235 g/mol. The molecule has 1 heterocycles. The van der Waals surface area contributed by atoms with Crippen LogP contribution in [0.2, 0.25) is 0 Å². The van der Waals surface area contributed by atoms with Crippen molar-refractivity contribution in [2.45, 2.75) is 20.0 Å². The largest absolute Gasteiger partial charge is 0.508 e. The number of nitrogens with one attached hydrogen (secondary N) is 1. The molecule has 0 bridgehead atoms. The third kappa shape index (κ3) is 2.96. The second kappa shape index (κ2) is 4.86. The lowest BCUT2D eigenvalue weighted by molar-refractivity contribution is 0.468. The fourth-order valence-electron chi connectivity index (χ4n) is 1.57. The molecule has 4 nitrogen and oxygen atoms in total. The Morgan fingerprint density at radius 2 is 2.24 bits per heavy atom. The first-order valence-electron chi connectivity index (χ1n) is 5.42. The first kappa shape index (κ1) is 11.4. The third-order valence-electron chi connectivity index (χ3n) is 2.40. The number of rotatable bonds is 4. The molecule has 2 aromatic rings. The van der Waals surface area contributed by atoms with E-state index in [-0.39, 0.29) is 5.75 Å². The molecule has 2 N–H and O–H groups in total. The summed E-state index contributed by atoms with van der Waals surface area (Å²) in [5.74, 6) is -0.503. The van der Waals surface area contributed by atoms with Gasteiger partial charge in [0.25, 0.3) is 0 Å². The van der Waals surface area contributed by atoms with Gasteiger partial charge in [0.15, 0.2) is 0 Å². The van der Waals surface area contributed by atoms with Gasteiger partial charge in [-0.2, -0.15) is 5.10 Å². The zero-order chi connectivity index (χ0) is 12.3. The van der Waals surface area contributed by atoms with Crippen LogP contribution in [-0.2, 0) is 13.1 Å². The number of halogens is 1. The van der Waals surface area contributed by atoms with Crippen LogP contribution in [0, 0.1) is 5.82 Å². The lowest BCUT2D eigenvalue weighted by atomic mass is 10.2. The molecule has 0 fully saturated rings. The van der Waals surface area contributed by atoms with Gasteiger partial charge in [-0.25, -0.2) is 4.39 Å². The van der Waals surface area contributed by atoms with E-state index in [1.807, 2.05) is 13.1 Å². The van der Waals surface area contributed by atoms with Crippen molar-refractivity contribution in [1.29, 1.82) is 0 Å². The molecule has 0 amide bonds. The van der Waals surface area contributed by atoms with Gasteiger partial charge in [0.2, 0.25) is 0 Å². The molecule has 0 saturated heterocycles. The van der Waals surface area contributed by atoms with E-state index in [0.717, 1.165) is 18.3 Å². The van der Waals surface area contributed by atoms with Crippen LogP contribution in [-0.4, -0.2) is 14.9 Å². The third-order valence-corrected chi connectivity index (χ3v) is 2.40. The van der Waals surface area contributed by atoms with E-state index < -0.39 is 5.82 Å². The van der Waals surface area contributed by atoms with E-state index in [2.05, 4.69) is 10.4 Å². The summed E-state index contributed by atoms with van der Waals surface area (Å²) in [6, 6.07) is 4.00. The summed E-state index contributed by atoms with van der Waals surface area (Å²) < 4.78 is 14.8. The Balaban J connectivity index is 2.01. The smallest absolute Gasteiger partial charge is 0.127 e. The number of anilines is 1. The Kier molecular flexibility index (Phi) is 3.27. The first-order chi connectivity index (χ1) is 8.17. The summed E-state index contributed by atoms with van der Waals surface area (Å²) in [6.07, 6.45) is 3.59. The molecule has 90 valence electrons. The standard InChI is InChI=1S/C12H14FN3O/c1-2-16-8-11(7-15-16)14-6-9-3-10(13)5-12(17)4-9/h3-5,7-8,14,17H,2,6H2,1H3. The van der Waals surface area contributed by atoms with Gasteiger partial charge >= 0.3 is 0 Å². The Morgan fingerprint density at radius 3 is 2.88 bits per heavy atom. The molecule has 0 unspecified atom stereocenters. The molecule has 0 radical (unpaired) electrons. The summed E-state index contributed by atoms with van der Waals surface area (Å²) in [4.78, 5) is 0. The molecular formula is C12H14FN3O. The van der Waals surface area contributed by atoms with Gasteiger partial charge in [-0.15, -0.1) is 0 Å². The summed E-state index contributed by atoms with van der Waals surface area (Å²) in [6.45, 7) is 3.25. The number of aromatic nitrogens is 2. The van der Waals surface area contributed by atoms with E-state index in [4.69, 9.17) is 0 Å². The number of phenols is 1. The van der Waals surface area contributed by atoms with Crippen LogP contribution in [0.15, 0.2) is 30.6 Å². The minimum absolute atomic E-state index is 0.0638. The monoisotopic (exact) mass is 235 g/mol. The molecule has 1 aromatic carbocycles. The number of hydrogen-bond donors (Lipinski definition) is 2. The minimum atomic E-state index is -0.439. The van der Waals surface area contributed by atoms with Crippen LogP contribution in [0.4, 0.5) is 10.1 Å². The van der Waals surface area contributed by atoms with E-state index in [9.17, 15) is 9.50 Å². The molecule has 5 heteroatoms. The van der Waals surface area contributed by atoms with Crippen molar-refractivity contribution in [3.63, 3.8) is 0 Å². The van der Waals surface area contributed by atoms with Crippen LogP contribution in [0.25, 0.3) is 0 Å². The zero-order valence-corrected chi connectivity index (χ0v) is 9.52. The van der Waals surface area contributed by atoms with Gasteiger partial charge < -0.3 is 10.4 Å². The Labute approximate surface area is 98.7 Å². The molecule has 0 spiro atoms. The van der Waals surface area contributed by atoms with Gasteiger partial charge in [0.1, 0.15) is 11.6 Å². The highest BCUT2D eigenvalue weighted by Crippen LogP contribution is 2.16. The highest BCUT2D eigenvalue weighted by atomic mass is 19.1. The second-order valence-corrected chi connectivity index (χ2v) is 3.76. The number of nitrogens with zero attached hydrogens (tertiary/aromatic N) is 2. The molecule has 0 aliphatic heterocycles. The molecule has 0 aliphatic carbocycles. The molecule has 0 saturated carbocycles. The summed E-state index contributed by atoms with van der Waals surface area (Å²) in [7, 11) is 0. The Hall–Kier alpha value is -2.04. The summed E-state index contributed by atoms with van der Waals surface area (Å²) in [5.41, 5.74) is 1.56. The minimum Gasteiger partial charge on any atom is -0.508 e. The Morgan fingerprint density at radius 1 is 1.41 bits per heavy atom. The van der Waals surface area contributed by atoms with Crippen molar-refractivity contribution < 1.29 is 9.50 Å². The first-order valence-corrected chi connectivity index (χ1v) is 5.42. The predicted octanol–water partition coefficient (Wildman–Crippen LogP) is 2.36. The molecule has 1 aromatic heterocycles. The quantitative estimate of drug-likeness (QED) is 0.855. The van der Waals surface area contributed by atoms with Crippen molar-refractivity contribution in [3.8, 4) is 5.75 Å². The van der Waals surface area contributed by atoms with E-state index >= 15 is 0 Å². The van der Waals surface area contributed by atoms with Gasteiger partial charge in [-0.1, -0.05) is 0 Å². The van der Waals surface area contributed by atoms with Crippen LogP contribution in [0.3, 0.4) is 0 Å². The zero-order valence-electron chi connectivity index (χ0n) is 9.52. The summed E-state index contributed by atoms with van der Waals surface area (Å²) in [5, 5.41) is 16.5. The van der Waals surface area contributed by atoms with Crippen molar-refractivity contribution in [2.75, 3.05) is 5.32 Å². The number of aromatic hydroxyl groups is 1. The van der Waals surface area contributed by atoms with Gasteiger partial charge in [0.05, 0.1) is 11.9 Å². The molecule has 17 heavy (non-hydrogen) atoms. The van der Waals surface area contributed by atoms with E-state index in [1.54, 1.807) is 10.9 Å². The highest BCUT2D eigenvalue weighted by Gasteiger charge is 2.01. The van der Waals surface area contributed by atoms with E-state index in [0.29, 0.717) is 12.1 Å². The van der Waals surface area contributed by atoms with Crippen molar-refractivity contribution >= 4 is 5.69 Å². The van der Waals surface area contributed by atoms with Crippen LogP contribution in [0.1, 0.15) is 12.5 Å². The van der Waals surface area contributed by atoms with Gasteiger partial charge in [-0.3, -0.25) is 4.68 Å². The van der Waals surface area contributed by atoms with Crippen LogP contribution < -0.4 is 5.32 Å². The molecular weight excluding hydrogens is 221 g/mol. The average Bonchev–Trinajstić information content (AvgIpc) is 2.73. The predicted molar refractivity (Wildman–Crippen MR) is 63.3 cm³/mol. The van der Waals surface area contributed by atoms with Crippen molar-refractivity contribution in [2.24, 2.45) is 0 Å². The van der Waals surface area contributed by atoms with Crippen molar-refractivity contribution in [3.05, 3.63) is 42.0 Å². The fourth-order valence-corrected chi connectivity index (χ4v) is 1.57. The van der Waals surface area contributed by atoms with Crippen molar-refractivity contribution in [1.82, 2.24) is 9.78 Å². The molecule has 0 atom stereocenters. The Bertz CT molecular complexity index is 490. The number of hydrogen-bond acceptors (Lipinski definition) is 3. The SMILES string of the molecule is CCn1cc(NCc2cc(O)cc(F)c2)cn1. The highest BCUT2D eigenvalue weighted by molar-refractivity contribution is 5.40. The molecule has 0 aliphatic rings.